The third-order valence-corrected chi connectivity index (χ3v) is 6.15. The van der Waals surface area contributed by atoms with Crippen molar-refractivity contribution in [1.29, 1.82) is 0 Å². The molecule has 1 aromatic carbocycles. The van der Waals surface area contributed by atoms with Crippen LogP contribution in [0.25, 0.3) is 0 Å². The molecule has 2 nitrogen and oxygen atoms in total. The quantitative estimate of drug-likeness (QED) is 0.817. The van der Waals surface area contributed by atoms with E-state index in [-0.39, 0.29) is 0 Å². The van der Waals surface area contributed by atoms with Crippen LogP contribution >= 0.6 is 0 Å². The fraction of sp³-hybridized carbons (Fsp3) is 0.684. The highest BCUT2D eigenvalue weighted by atomic mass is 15.3. The van der Waals surface area contributed by atoms with Crippen molar-refractivity contribution in [2.45, 2.75) is 57.2 Å². The van der Waals surface area contributed by atoms with Crippen LogP contribution < -0.4 is 0 Å². The van der Waals surface area contributed by atoms with Gasteiger partial charge in [-0.3, -0.25) is 9.80 Å². The summed E-state index contributed by atoms with van der Waals surface area (Å²) >= 11 is 0. The standard InChI is InChI=1S/C19H28N2/c1-15-7-5-11-18(15)21-13-17-10-6-12-20(17)14-19(21)16-8-3-2-4-9-16/h2-4,8-9,15,17-19H,5-7,10-14H2,1H3. The number of hydrogen-bond donors (Lipinski definition) is 0. The maximum atomic E-state index is 2.89. The minimum Gasteiger partial charge on any atom is -0.297 e. The smallest absolute Gasteiger partial charge is 0.0479 e. The first-order valence-electron chi connectivity index (χ1n) is 8.87. The van der Waals surface area contributed by atoms with Crippen molar-refractivity contribution < 1.29 is 0 Å². The Labute approximate surface area is 129 Å². The molecule has 3 fully saturated rings. The molecule has 2 heterocycles. The maximum Gasteiger partial charge on any atom is 0.0479 e. The van der Waals surface area contributed by atoms with Crippen LogP contribution in [0, 0.1) is 5.92 Å². The molecular formula is C19H28N2. The SMILES string of the molecule is CC1CCCC1N1CC2CCCN2CC1c1ccccc1. The summed E-state index contributed by atoms with van der Waals surface area (Å²) in [5, 5.41) is 0. The molecule has 1 saturated carbocycles. The zero-order valence-electron chi connectivity index (χ0n) is 13.2. The fourth-order valence-corrected chi connectivity index (χ4v) is 5.00. The minimum absolute atomic E-state index is 0.617. The fourth-order valence-electron chi connectivity index (χ4n) is 5.00. The summed E-state index contributed by atoms with van der Waals surface area (Å²) in [6, 6.07) is 13.5. The number of rotatable bonds is 2. The number of benzene rings is 1. The van der Waals surface area contributed by atoms with Gasteiger partial charge in [0.25, 0.3) is 0 Å². The Morgan fingerprint density at radius 2 is 1.81 bits per heavy atom. The van der Waals surface area contributed by atoms with Crippen LogP contribution in [-0.2, 0) is 0 Å². The molecule has 0 amide bonds. The van der Waals surface area contributed by atoms with Gasteiger partial charge in [0.1, 0.15) is 0 Å². The van der Waals surface area contributed by atoms with Crippen LogP contribution in [0.3, 0.4) is 0 Å². The first-order chi connectivity index (χ1) is 10.3. The molecule has 4 atom stereocenters. The van der Waals surface area contributed by atoms with E-state index < -0.39 is 0 Å². The first kappa shape index (κ1) is 13.8. The molecule has 4 rings (SSSR count). The van der Waals surface area contributed by atoms with E-state index in [0.717, 1.165) is 18.0 Å². The van der Waals surface area contributed by atoms with E-state index in [1.54, 1.807) is 0 Å². The Balaban J connectivity index is 1.63. The maximum absolute atomic E-state index is 2.89. The van der Waals surface area contributed by atoms with Gasteiger partial charge in [-0.1, -0.05) is 43.7 Å². The molecule has 21 heavy (non-hydrogen) atoms. The molecule has 1 aliphatic carbocycles. The Kier molecular flexibility index (Phi) is 3.76. The van der Waals surface area contributed by atoms with E-state index >= 15 is 0 Å². The number of hydrogen-bond acceptors (Lipinski definition) is 2. The highest BCUT2D eigenvalue weighted by Gasteiger charge is 2.41. The average molecular weight is 284 g/mol. The van der Waals surface area contributed by atoms with Gasteiger partial charge in [0, 0.05) is 31.2 Å². The van der Waals surface area contributed by atoms with Gasteiger partial charge >= 0.3 is 0 Å². The molecule has 2 saturated heterocycles. The zero-order valence-corrected chi connectivity index (χ0v) is 13.2. The summed E-state index contributed by atoms with van der Waals surface area (Å²) in [4.78, 5) is 5.65. The van der Waals surface area contributed by atoms with Crippen LogP contribution in [0.2, 0.25) is 0 Å². The van der Waals surface area contributed by atoms with Gasteiger partial charge in [-0.05, 0) is 43.7 Å². The molecule has 0 spiro atoms. The van der Waals surface area contributed by atoms with Gasteiger partial charge in [-0.15, -0.1) is 0 Å². The largest absolute Gasteiger partial charge is 0.297 e. The molecule has 0 N–H and O–H groups in total. The van der Waals surface area contributed by atoms with Gasteiger partial charge in [0.05, 0.1) is 0 Å². The second-order valence-corrected chi connectivity index (χ2v) is 7.39. The Bertz CT molecular complexity index is 472. The van der Waals surface area contributed by atoms with Crippen LogP contribution in [0.1, 0.15) is 50.6 Å². The molecule has 3 aliphatic rings. The molecule has 4 unspecified atom stereocenters. The van der Waals surface area contributed by atoms with Gasteiger partial charge < -0.3 is 0 Å². The summed E-state index contributed by atoms with van der Waals surface area (Å²) in [6.07, 6.45) is 7.09. The first-order valence-corrected chi connectivity index (χ1v) is 8.87. The topological polar surface area (TPSA) is 6.48 Å². The van der Waals surface area contributed by atoms with E-state index in [1.807, 2.05) is 0 Å². The van der Waals surface area contributed by atoms with Gasteiger partial charge in [-0.2, -0.15) is 0 Å². The van der Waals surface area contributed by atoms with Crippen molar-refractivity contribution in [3.05, 3.63) is 35.9 Å². The van der Waals surface area contributed by atoms with Crippen molar-refractivity contribution in [2.24, 2.45) is 5.92 Å². The number of fused-ring (bicyclic) bond motifs is 1. The highest BCUT2D eigenvalue weighted by molar-refractivity contribution is 5.21. The summed E-state index contributed by atoms with van der Waals surface area (Å²) in [5.74, 6) is 0.879. The monoisotopic (exact) mass is 284 g/mol. The Hall–Kier alpha value is -0.860. The lowest BCUT2D eigenvalue weighted by molar-refractivity contribution is 0.00925. The summed E-state index contributed by atoms with van der Waals surface area (Å²) < 4.78 is 0. The van der Waals surface area contributed by atoms with Gasteiger partial charge in [-0.25, -0.2) is 0 Å². The van der Waals surface area contributed by atoms with Gasteiger partial charge in [0.2, 0.25) is 0 Å². The predicted octanol–water partition coefficient (Wildman–Crippen LogP) is 3.70. The van der Waals surface area contributed by atoms with Gasteiger partial charge in [0.15, 0.2) is 0 Å². The average Bonchev–Trinajstić information content (AvgIpc) is 3.14. The predicted molar refractivity (Wildman–Crippen MR) is 87.3 cm³/mol. The van der Waals surface area contributed by atoms with Crippen molar-refractivity contribution >= 4 is 0 Å². The zero-order chi connectivity index (χ0) is 14.2. The Morgan fingerprint density at radius 3 is 2.57 bits per heavy atom. The Morgan fingerprint density at radius 1 is 0.952 bits per heavy atom. The van der Waals surface area contributed by atoms with E-state index in [2.05, 4.69) is 47.1 Å². The van der Waals surface area contributed by atoms with E-state index in [9.17, 15) is 0 Å². The van der Waals surface area contributed by atoms with E-state index in [0.29, 0.717) is 6.04 Å². The lowest BCUT2D eigenvalue weighted by atomic mass is 9.94. The summed E-state index contributed by atoms with van der Waals surface area (Å²) in [6.45, 7) is 6.34. The van der Waals surface area contributed by atoms with Crippen LogP contribution in [0.5, 0.6) is 0 Å². The lowest BCUT2D eigenvalue weighted by Crippen LogP contribution is -2.55. The molecule has 2 heteroatoms. The highest BCUT2D eigenvalue weighted by Crippen LogP contribution is 2.39. The summed E-state index contributed by atoms with van der Waals surface area (Å²) in [5.41, 5.74) is 1.53. The molecule has 1 aromatic rings. The van der Waals surface area contributed by atoms with Crippen molar-refractivity contribution in [3.8, 4) is 0 Å². The third-order valence-electron chi connectivity index (χ3n) is 6.15. The van der Waals surface area contributed by atoms with E-state index in [4.69, 9.17) is 0 Å². The molecular weight excluding hydrogens is 256 g/mol. The van der Waals surface area contributed by atoms with E-state index in [1.165, 1.54) is 57.3 Å². The van der Waals surface area contributed by atoms with Crippen molar-refractivity contribution in [1.82, 2.24) is 9.80 Å². The van der Waals surface area contributed by atoms with Crippen molar-refractivity contribution in [3.63, 3.8) is 0 Å². The number of piperazine rings is 1. The third kappa shape index (κ3) is 2.53. The summed E-state index contributed by atoms with van der Waals surface area (Å²) in [7, 11) is 0. The van der Waals surface area contributed by atoms with Crippen LogP contribution in [0.4, 0.5) is 0 Å². The minimum atomic E-state index is 0.617. The molecule has 2 aliphatic heterocycles. The molecule has 0 radical (unpaired) electrons. The second-order valence-electron chi connectivity index (χ2n) is 7.39. The lowest BCUT2D eigenvalue weighted by Gasteiger charge is -2.47. The molecule has 0 bridgehead atoms. The van der Waals surface area contributed by atoms with Crippen LogP contribution in [0.15, 0.2) is 30.3 Å². The number of nitrogens with zero attached hydrogens (tertiary/aromatic N) is 2. The second kappa shape index (κ2) is 5.73. The normalized spacial score (nSPS) is 37.8. The molecule has 0 aromatic heterocycles. The molecule has 114 valence electrons. The van der Waals surface area contributed by atoms with Crippen LogP contribution in [-0.4, -0.2) is 41.5 Å². The van der Waals surface area contributed by atoms with Crippen molar-refractivity contribution in [2.75, 3.05) is 19.6 Å².